The van der Waals surface area contributed by atoms with Crippen molar-refractivity contribution in [3.63, 3.8) is 0 Å². The Bertz CT molecular complexity index is 545. The summed E-state index contributed by atoms with van der Waals surface area (Å²) in [4.78, 5) is 8.99. The topological polar surface area (TPSA) is 37.8 Å². The van der Waals surface area contributed by atoms with Crippen molar-refractivity contribution in [2.24, 2.45) is 0 Å². The third-order valence-corrected chi connectivity index (χ3v) is 3.23. The number of aryl methyl sites for hydroxylation is 2. The van der Waals surface area contributed by atoms with E-state index in [2.05, 4.69) is 22.2 Å². The molecule has 0 aliphatic carbocycles. The third-order valence-electron chi connectivity index (χ3n) is 2.83. The number of anilines is 1. The lowest BCUT2D eigenvalue weighted by Gasteiger charge is -2.07. The highest BCUT2D eigenvalue weighted by molar-refractivity contribution is 6.31. The lowest BCUT2D eigenvalue weighted by Crippen LogP contribution is -2.00. The molecule has 0 atom stereocenters. The van der Waals surface area contributed by atoms with E-state index in [9.17, 15) is 0 Å². The molecule has 94 valence electrons. The molecular weight excluding hydrogens is 246 g/mol. The first-order valence-corrected chi connectivity index (χ1v) is 6.34. The van der Waals surface area contributed by atoms with Crippen molar-refractivity contribution >= 4 is 17.4 Å². The van der Waals surface area contributed by atoms with Gasteiger partial charge in [-0.1, -0.05) is 30.7 Å². The number of hydrogen-bond donors (Lipinski definition) is 1. The second-order valence-electron chi connectivity index (χ2n) is 4.14. The van der Waals surface area contributed by atoms with Crippen LogP contribution in [0.2, 0.25) is 5.02 Å². The predicted molar refractivity (Wildman–Crippen MR) is 76.1 cm³/mol. The fourth-order valence-electron chi connectivity index (χ4n) is 1.67. The highest BCUT2D eigenvalue weighted by Gasteiger charge is 2.07. The van der Waals surface area contributed by atoms with Crippen LogP contribution in [0, 0.1) is 6.92 Å². The summed E-state index contributed by atoms with van der Waals surface area (Å²) in [5, 5.41) is 3.79. The standard InChI is InChI=1S/C14H16ClN3/c1-4-11-8-13(16-3)18-14(17-11)10-6-5-9(2)12(15)7-10/h5-8H,4H2,1-3H3,(H,16,17,18). The zero-order valence-corrected chi connectivity index (χ0v) is 11.5. The Balaban J connectivity index is 2.51. The summed E-state index contributed by atoms with van der Waals surface area (Å²) in [5.74, 6) is 1.54. The van der Waals surface area contributed by atoms with E-state index in [1.165, 1.54) is 0 Å². The molecule has 1 heterocycles. The molecule has 1 N–H and O–H groups in total. The maximum atomic E-state index is 6.14. The van der Waals surface area contributed by atoms with Gasteiger partial charge in [0.15, 0.2) is 5.82 Å². The van der Waals surface area contributed by atoms with Crippen LogP contribution in [0.5, 0.6) is 0 Å². The summed E-state index contributed by atoms with van der Waals surface area (Å²) in [6.07, 6.45) is 0.879. The van der Waals surface area contributed by atoms with Crippen LogP contribution < -0.4 is 5.32 Å². The van der Waals surface area contributed by atoms with Crippen molar-refractivity contribution in [2.45, 2.75) is 20.3 Å². The van der Waals surface area contributed by atoms with Gasteiger partial charge < -0.3 is 5.32 Å². The van der Waals surface area contributed by atoms with Crippen LogP contribution in [0.3, 0.4) is 0 Å². The Labute approximate surface area is 112 Å². The average molecular weight is 262 g/mol. The van der Waals surface area contributed by atoms with Crippen LogP contribution in [-0.4, -0.2) is 17.0 Å². The van der Waals surface area contributed by atoms with Gasteiger partial charge >= 0.3 is 0 Å². The first-order valence-electron chi connectivity index (χ1n) is 5.96. The molecule has 0 unspecified atom stereocenters. The van der Waals surface area contributed by atoms with Crippen molar-refractivity contribution in [2.75, 3.05) is 12.4 Å². The van der Waals surface area contributed by atoms with E-state index < -0.39 is 0 Å². The van der Waals surface area contributed by atoms with Gasteiger partial charge in [-0.25, -0.2) is 9.97 Å². The smallest absolute Gasteiger partial charge is 0.161 e. The monoisotopic (exact) mass is 261 g/mol. The molecule has 18 heavy (non-hydrogen) atoms. The largest absolute Gasteiger partial charge is 0.373 e. The van der Waals surface area contributed by atoms with E-state index in [0.29, 0.717) is 5.82 Å². The van der Waals surface area contributed by atoms with E-state index >= 15 is 0 Å². The van der Waals surface area contributed by atoms with E-state index in [1.807, 2.05) is 38.2 Å². The number of halogens is 1. The summed E-state index contributed by atoms with van der Waals surface area (Å²) in [6, 6.07) is 7.85. The van der Waals surface area contributed by atoms with Gasteiger partial charge in [-0.05, 0) is 25.0 Å². The highest BCUT2D eigenvalue weighted by atomic mass is 35.5. The second kappa shape index (κ2) is 5.36. The molecule has 0 radical (unpaired) electrons. The Morgan fingerprint density at radius 1 is 1.22 bits per heavy atom. The van der Waals surface area contributed by atoms with Crippen molar-refractivity contribution in [3.05, 3.63) is 40.5 Å². The van der Waals surface area contributed by atoms with Crippen LogP contribution in [0.1, 0.15) is 18.2 Å². The number of nitrogens with one attached hydrogen (secondary N) is 1. The van der Waals surface area contributed by atoms with Gasteiger partial charge in [-0.15, -0.1) is 0 Å². The van der Waals surface area contributed by atoms with Crippen molar-refractivity contribution in [3.8, 4) is 11.4 Å². The lowest BCUT2D eigenvalue weighted by molar-refractivity contribution is 1.01. The van der Waals surface area contributed by atoms with Crippen molar-refractivity contribution in [1.29, 1.82) is 0 Å². The lowest BCUT2D eigenvalue weighted by atomic mass is 10.1. The predicted octanol–water partition coefficient (Wildman–Crippen LogP) is 3.71. The minimum Gasteiger partial charge on any atom is -0.373 e. The van der Waals surface area contributed by atoms with E-state index in [4.69, 9.17) is 11.6 Å². The Morgan fingerprint density at radius 2 is 2.00 bits per heavy atom. The third kappa shape index (κ3) is 2.62. The average Bonchev–Trinajstić information content (AvgIpc) is 2.41. The summed E-state index contributed by atoms with van der Waals surface area (Å²) < 4.78 is 0. The van der Waals surface area contributed by atoms with Gasteiger partial charge in [0.2, 0.25) is 0 Å². The van der Waals surface area contributed by atoms with Crippen molar-refractivity contribution in [1.82, 2.24) is 9.97 Å². The van der Waals surface area contributed by atoms with Gasteiger partial charge in [-0.3, -0.25) is 0 Å². The summed E-state index contributed by atoms with van der Waals surface area (Å²) >= 11 is 6.14. The van der Waals surface area contributed by atoms with Crippen LogP contribution in [0.4, 0.5) is 5.82 Å². The normalized spacial score (nSPS) is 10.4. The van der Waals surface area contributed by atoms with Gasteiger partial charge in [0.25, 0.3) is 0 Å². The zero-order chi connectivity index (χ0) is 13.1. The molecule has 0 spiro atoms. The molecule has 3 nitrogen and oxygen atoms in total. The molecule has 0 saturated carbocycles. The summed E-state index contributed by atoms with van der Waals surface area (Å²) in [7, 11) is 1.85. The number of rotatable bonds is 3. The first-order chi connectivity index (χ1) is 8.63. The number of nitrogens with zero attached hydrogens (tertiary/aromatic N) is 2. The van der Waals surface area contributed by atoms with E-state index in [1.54, 1.807) is 0 Å². The minimum absolute atomic E-state index is 0.709. The highest BCUT2D eigenvalue weighted by Crippen LogP contribution is 2.24. The molecule has 1 aromatic heterocycles. The molecule has 2 rings (SSSR count). The van der Waals surface area contributed by atoms with Gasteiger partial charge in [0, 0.05) is 29.4 Å². The number of hydrogen-bond acceptors (Lipinski definition) is 3. The minimum atomic E-state index is 0.709. The fraction of sp³-hybridized carbons (Fsp3) is 0.286. The van der Waals surface area contributed by atoms with Crippen LogP contribution in [0.15, 0.2) is 24.3 Å². The molecule has 0 fully saturated rings. The van der Waals surface area contributed by atoms with Gasteiger partial charge in [-0.2, -0.15) is 0 Å². The molecule has 0 amide bonds. The molecule has 2 aromatic rings. The Hall–Kier alpha value is -1.61. The second-order valence-corrected chi connectivity index (χ2v) is 4.54. The van der Waals surface area contributed by atoms with Crippen LogP contribution in [0.25, 0.3) is 11.4 Å². The maximum Gasteiger partial charge on any atom is 0.161 e. The number of benzene rings is 1. The number of aromatic nitrogens is 2. The zero-order valence-electron chi connectivity index (χ0n) is 10.8. The van der Waals surface area contributed by atoms with E-state index in [-0.39, 0.29) is 0 Å². The molecular formula is C14H16ClN3. The van der Waals surface area contributed by atoms with Gasteiger partial charge in [0.1, 0.15) is 5.82 Å². The van der Waals surface area contributed by atoms with Gasteiger partial charge in [0.05, 0.1) is 0 Å². The van der Waals surface area contributed by atoms with Crippen LogP contribution in [-0.2, 0) is 6.42 Å². The fourth-order valence-corrected chi connectivity index (χ4v) is 1.85. The SMILES string of the molecule is CCc1cc(NC)nc(-c2ccc(C)c(Cl)c2)n1. The molecule has 0 saturated heterocycles. The molecule has 4 heteroatoms. The summed E-state index contributed by atoms with van der Waals surface area (Å²) in [6.45, 7) is 4.06. The molecule has 0 aliphatic rings. The first kappa shape index (κ1) is 12.8. The molecule has 0 bridgehead atoms. The summed E-state index contributed by atoms with van der Waals surface area (Å²) in [5.41, 5.74) is 3.01. The van der Waals surface area contributed by atoms with Crippen LogP contribution >= 0.6 is 11.6 Å². The molecule has 1 aromatic carbocycles. The van der Waals surface area contributed by atoms with Crippen molar-refractivity contribution < 1.29 is 0 Å². The Morgan fingerprint density at radius 3 is 2.61 bits per heavy atom. The maximum absolute atomic E-state index is 6.14. The molecule has 0 aliphatic heterocycles. The Kier molecular flexibility index (Phi) is 3.82. The quantitative estimate of drug-likeness (QED) is 0.915. The van der Waals surface area contributed by atoms with E-state index in [0.717, 1.165) is 34.1 Å².